The Kier molecular flexibility index (Phi) is 7.68. The van der Waals surface area contributed by atoms with Crippen molar-refractivity contribution in [2.45, 2.75) is 57.5 Å². The Morgan fingerprint density at radius 2 is 1.65 bits per heavy atom. The van der Waals surface area contributed by atoms with Gasteiger partial charge in [0.1, 0.15) is 12.8 Å². The van der Waals surface area contributed by atoms with Gasteiger partial charge >= 0.3 is 17.6 Å². The van der Waals surface area contributed by atoms with Crippen molar-refractivity contribution in [3.8, 4) is 0 Å². The van der Waals surface area contributed by atoms with Crippen LogP contribution < -0.4 is 11.2 Å². The largest absolute Gasteiger partial charge is 0.458 e. The van der Waals surface area contributed by atoms with Gasteiger partial charge in [-0.25, -0.2) is 18.5 Å². The van der Waals surface area contributed by atoms with Crippen LogP contribution in [0.25, 0.3) is 0 Å². The van der Waals surface area contributed by atoms with Crippen LogP contribution in [0.3, 0.4) is 0 Å². The lowest BCUT2D eigenvalue weighted by atomic mass is 9.99. The van der Waals surface area contributed by atoms with Crippen LogP contribution in [0.1, 0.15) is 42.2 Å². The first kappa shape index (κ1) is 26.0. The van der Waals surface area contributed by atoms with Crippen LogP contribution in [0.4, 0.5) is 4.39 Å². The number of esters is 2. The van der Waals surface area contributed by atoms with E-state index in [1.165, 1.54) is 25.3 Å². The van der Waals surface area contributed by atoms with Crippen molar-refractivity contribution in [3.63, 3.8) is 0 Å². The molecule has 0 N–H and O–H groups in total. The van der Waals surface area contributed by atoms with Gasteiger partial charge in [0.25, 0.3) is 5.56 Å². The zero-order chi connectivity index (χ0) is 26.6. The Morgan fingerprint density at radius 1 is 1.00 bits per heavy atom. The number of aromatic nitrogens is 2. The van der Waals surface area contributed by atoms with E-state index in [0.29, 0.717) is 0 Å². The molecule has 0 spiro atoms. The highest BCUT2D eigenvalue weighted by molar-refractivity contribution is 5.89. The normalized spacial score (nSPS) is 22.9. The quantitative estimate of drug-likeness (QED) is 0.429. The maximum atomic E-state index is 16.3. The molecule has 0 amide bonds. The highest BCUT2D eigenvalue weighted by atomic mass is 19.1. The van der Waals surface area contributed by atoms with Gasteiger partial charge in [-0.3, -0.25) is 14.2 Å². The van der Waals surface area contributed by atoms with E-state index in [-0.39, 0.29) is 25.3 Å². The van der Waals surface area contributed by atoms with Crippen LogP contribution in [0, 0.1) is 0 Å². The van der Waals surface area contributed by atoms with Gasteiger partial charge in [0.2, 0.25) is 0 Å². The van der Waals surface area contributed by atoms with Crippen LogP contribution in [0.15, 0.2) is 82.5 Å². The average molecular weight is 511 g/mol. The monoisotopic (exact) mass is 510 g/mol. The summed E-state index contributed by atoms with van der Waals surface area (Å²) in [5, 5.41) is 0. The van der Waals surface area contributed by atoms with Crippen molar-refractivity contribution < 1.29 is 28.2 Å². The van der Waals surface area contributed by atoms with Gasteiger partial charge in [0, 0.05) is 25.6 Å². The van der Waals surface area contributed by atoms with Gasteiger partial charge in [-0.1, -0.05) is 48.5 Å². The fourth-order valence-corrected chi connectivity index (χ4v) is 4.50. The van der Waals surface area contributed by atoms with Crippen LogP contribution >= 0.6 is 0 Å². The van der Waals surface area contributed by atoms with Gasteiger partial charge in [-0.15, -0.1) is 0 Å². The number of benzene rings is 2. The molecule has 1 fully saturated rings. The summed E-state index contributed by atoms with van der Waals surface area (Å²) in [6.45, 7) is 2.16. The van der Waals surface area contributed by atoms with E-state index in [9.17, 15) is 19.2 Å². The van der Waals surface area contributed by atoms with Crippen molar-refractivity contribution in [1.82, 2.24) is 9.13 Å². The fourth-order valence-electron chi connectivity index (χ4n) is 4.50. The molecule has 0 radical (unpaired) electrons. The molecule has 4 atom stereocenters. The van der Waals surface area contributed by atoms with E-state index in [2.05, 4.69) is 0 Å². The summed E-state index contributed by atoms with van der Waals surface area (Å²) in [5.74, 6) is -1.48. The number of hydrogen-bond acceptors (Lipinski definition) is 7. The van der Waals surface area contributed by atoms with Crippen molar-refractivity contribution in [2.24, 2.45) is 0 Å². The Hall–Kier alpha value is -4.05. The number of hydrogen-bond donors (Lipinski definition) is 0. The number of alkyl halides is 1. The second-order valence-corrected chi connectivity index (χ2v) is 8.98. The molecule has 0 bridgehead atoms. The van der Waals surface area contributed by atoms with Crippen molar-refractivity contribution in [2.75, 3.05) is 0 Å². The minimum absolute atomic E-state index is 0.150. The van der Waals surface area contributed by atoms with E-state index in [1.807, 2.05) is 30.3 Å². The van der Waals surface area contributed by atoms with Gasteiger partial charge in [-0.2, -0.15) is 0 Å². The molecule has 0 aliphatic heterocycles. The topological polar surface area (TPSA) is 106 Å². The lowest BCUT2D eigenvalue weighted by Crippen LogP contribution is -2.47. The number of rotatable bonds is 8. The summed E-state index contributed by atoms with van der Waals surface area (Å²) in [4.78, 5) is 50.1. The summed E-state index contributed by atoms with van der Waals surface area (Å²) in [7, 11) is 0. The molecule has 2 aromatic carbocycles. The standard InChI is InChI=1S/C27H27FN2O7/c1-18(31)36-21-15-22(27(2,28)24(21)37-25(33)20-11-7-4-8-12-20)29-14-13-23(32)30(26(29)34)17-35-16-19-9-5-3-6-10-19/h3-14,21-22,24H,15-17H2,1-2H3. The van der Waals surface area contributed by atoms with Gasteiger partial charge < -0.3 is 14.2 Å². The lowest BCUT2D eigenvalue weighted by molar-refractivity contribution is -0.153. The summed E-state index contributed by atoms with van der Waals surface area (Å²) < 4.78 is 34.6. The second kappa shape index (κ2) is 10.9. The molecular weight excluding hydrogens is 483 g/mol. The summed E-state index contributed by atoms with van der Waals surface area (Å²) >= 11 is 0. The third-order valence-corrected chi connectivity index (χ3v) is 6.33. The molecule has 194 valence electrons. The van der Waals surface area contributed by atoms with E-state index >= 15 is 4.39 Å². The number of ether oxygens (including phenoxy) is 3. The zero-order valence-electron chi connectivity index (χ0n) is 20.4. The molecule has 1 aliphatic rings. The van der Waals surface area contributed by atoms with E-state index in [0.717, 1.165) is 27.7 Å². The number of carbonyl (C=O) groups excluding carboxylic acids is 2. The first-order valence-corrected chi connectivity index (χ1v) is 11.7. The minimum atomic E-state index is -2.32. The first-order valence-electron chi connectivity index (χ1n) is 11.7. The van der Waals surface area contributed by atoms with E-state index in [4.69, 9.17) is 14.2 Å². The molecule has 10 heteroatoms. The molecule has 4 unspecified atom stereocenters. The highest BCUT2D eigenvalue weighted by Gasteiger charge is 2.58. The van der Waals surface area contributed by atoms with Crippen LogP contribution in [0.5, 0.6) is 0 Å². The predicted molar refractivity (Wildman–Crippen MR) is 131 cm³/mol. The molecule has 0 saturated heterocycles. The summed E-state index contributed by atoms with van der Waals surface area (Å²) in [5.41, 5.74) is -2.68. The molecular formula is C27H27FN2O7. The van der Waals surface area contributed by atoms with Crippen LogP contribution in [-0.4, -0.2) is 38.9 Å². The fraction of sp³-hybridized carbons (Fsp3) is 0.333. The molecule has 1 aliphatic carbocycles. The number of halogens is 1. The van der Waals surface area contributed by atoms with E-state index in [1.54, 1.807) is 18.2 Å². The zero-order valence-corrected chi connectivity index (χ0v) is 20.4. The average Bonchev–Trinajstić information content (AvgIpc) is 3.11. The van der Waals surface area contributed by atoms with Crippen LogP contribution in [-0.2, 0) is 32.3 Å². The Labute approximate surface area is 212 Å². The minimum Gasteiger partial charge on any atom is -0.458 e. The van der Waals surface area contributed by atoms with Crippen LogP contribution in [0.2, 0.25) is 0 Å². The Morgan fingerprint density at radius 3 is 2.30 bits per heavy atom. The maximum absolute atomic E-state index is 16.3. The lowest BCUT2D eigenvalue weighted by Gasteiger charge is -2.30. The number of nitrogens with zero attached hydrogens (tertiary/aromatic N) is 2. The maximum Gasteiger partial charge on any atom is 0.338 e. The first-order chi connectivity index (χ1) is 17.7. The molecule has 1 saturated carbocycles. The molecule has 4 rings (SSSR count). The Balaban J connectivity index is 1.60. The predicted octanol–water partition coefficient (Wildman–Crippen LogP) is 3.01. The molecule has 1 aromatic heterocycles. The van der Waals surface area contributed by atoms with Gasteiger partial charge in [0.05, 0.1) is 18.2 Å². The van der Waals surface area contributed by atoms with Gasteiger partial charge in [-0.05, 0) is 24.6 Å². The highest BCUT2D eigenvalue weighted by Crippen LogP contribution is 2.45. The number of carbonyl (C=O) groups is 2. The smallest absolute Gasteiger partial charge is 0.338 e. The third-order valence-electron chi connectivity index (χ3n) is 6.33. The third kappa shape index (κ3) is 5.69. The van der Waals surface area contributed by atoms with Crippen molar-refractivity contribution >= 4 is 11.9 Å². The summed E-state index contributed by atoms with van der Waals surface area (Å²) in [6, 6.07) is 17.2. The van der Waals surface area contributed by atoms with Gasteiger partial charge in [0.15, 0.2) is 11.8 Å². The molecule has 1 heterocycles. The van der Waals surface area contributed by atoms with E-state index < -0.39 is 47.1 Å². The van der Waals surface area contributed by atoms with Crippen molar-refractivity contribution in [3.05, 3.63) is 105 Å². The second-order valence-electron chi connectivity index (χ2n) is 8.98. The Bertz CT molecular complexity index is 1370. The molecule has 3 aromatic rings. The molecule has 9 nitrogen and oxygen atoms in total. The SMILES string of the molecule is CC(=O)OC1CC(n2ccc(=O)n(COCc3ccccc3)c2=O)C(C)(F)C1OC(=O)c1ccccc1. The van der Waals surface area contributed by atoms with Crippen molar-refractivity contribution in [1.29, 1.82) is 0 Å². The summed E-state index contributed by atoms with van der Waals surface area (Å²) in [6.07, 6.45) is -1.60. The molecule has 37 heavy (non-hydrogen) atoms.